The quantitative estimate of drug-likeness (QED) is 0.383. The fraction of sp³-hybridized carbons (Fsp3) is 0.235. The Morgan fingerprint density at radius 2 is 1.96 bits per heavy atom. The highest BCUT2D eigenvalue weighted by Gasteiger charge is 2.19. The number of rotatable bonds is 6. The number of aromatic nitrogens is 3. The maximum atomic E-state index is 12.3. The molecule has 0 atom stereocenters. The van der Waals surface area contributed by atoms with Crippen molar-refractivity contribution in [3.63, 3.8) is 0 Å². The predicted octanol–water partition coefficient (Wildman–Crippen LogP) is 5.81. The van der Waals surface area contributed by atoms with Crippen LogP contribution in [0.25, 0.3) is 11.6 Å². The molecule has 0 radical (unpaired) electrons. The number of thioether (sulfide) groups is 1. The van der Waals surface area contributed by atoms with Gasteiger partial charge >= 0.3 is 0 Å². The van der Waals surface area contributed by atoms with Gasteiger partial charge in [0.05, 0.1) is 32.8 Å². The third-order valence-corrected chi connectivity index (χ3v) is 5.52. The molecule has 10 heteroatoms. The van der Waals surface area contributed by atoms with Crippen molar-refractivity contribution < 1.29 is 9.21 Å². The fourth-order valence-electron chi connectivity index (χ4n) is 2.35. The topological polar surface area (TPSA) is 73.0 Å². The van der Waals surface area contributed by atoms with Gasteiger partial charge in [-0.05, 0) is 38.1 Å². The molecule has 0 bridgehead atoms. The highest BCUT2D eigenvalue weighted by molar-refractivity contribution is 7.99. The van der Waals surface area contributed by atoms with E-state index in [-0.39, 0.29) is 17.7 Å². The first-order valence-corrected chi connectivity index (χ1v) is 10.0. The predicted molar refractivity (Wildman–Crippen MR) is 109 cm³/mol. The van der Waals surface area contributed by atoms with E-state index in [4.69, 9.17) is 39.2 Å². The van der Waals surface area contributed by atoms with E-state index in [2.05, 4.69) is 15.5 Å². The number of carbonyl (C=O) groups is 1. The molecule has 0 aliphatic heterocycles. The van der Waals surface area contributed by atoms with Crippen molar-refractivity contribution in [2.75, 3.05) is 11.1 Å². The molecule has 2 aromatic heterocycles. The van der Waals surface area contributed by atoms with Crippen LogP contribution < -0.4 is 5.32 Å². The summed E-state index contributed by atoms with van der Waals surface area (Å²) in [6.45, 7) is 4.02. The maximum absolute atomic E-state index is 12.3. The second kappa shape index (κ2) is 8.56. The van der Waals surface area contributed by atoms with Gasteiger partial charge < -0.3 is 9.73 Å². The van der Waals surface area contributed by atoms with Crippen LogP contribution in [0.3, 0.4) is 0 Å². The van der Waals surface area contributed by atoms with Crippen LogP contribution in [-0.4, -0.2) is 26.4 Å². The van der Waals surface area contributed by atoms with Crippen molar-refractivity contribution in [3.05, 3.63) is 45.6 Å². The monoisotopic (exact) mass is 444 g/mol. The van der Waals surface area contributed by atoms with Gasteiger partial charge in [0.1, 0.15) is 0 Å². The molecular formula is C17H15Cl3N4O2S. The number of hydrogen-bond donors (Lipinski definition) is 1. The molecule has 3 aromatic rings. The van der Waals surface area contributed by atoms with E-state index < -0.39 is 0 Å². The minimum Gasteiger partial charge on any atom is -0.461 e. The number of furan rings is 1. The molecule has 0 saturated heterocycles. The number of nitrogens with zero attached hydrogens (tertiary/aromatic N) is 3. The van der Waals surface area contributed by atoms with Gasteiger partial charge in [-0.15, -0.1) is 10.2 Å². The van der Waals surface area contributed by atoms with Crippen LogP contribution in [0.4, 0.5) is 5.69 Å². The highest BCUT2D eigenvalue weighted by Crippen LogP contribution is 2.33. The Labute approximate surface area is 175 Å². The molecule has 0 fully saturated rings. The molecule has 0 saturated carbocycles. The zero-order valence-corrected chi connectivity index (χ0v) is 17.5. The first-order chi connectivity index (χ1) is 12.9. The second-order valence-electron chi connectivity index (χ2n) is 5.83. The van der Waals surface area contributed by atoms with Crippen molar-refractivity contribution in [1.82, 2.24) is 14.8 Å². The average molecular weight is 446 g/mol. The van der Waals surface area contributed by atoms with Crippen molar-refractivity contribution >= 4 is 58.2 Å². The lowest BCUT2D eigenvalue weighted by atomic mass is 10.3. The third-order valence-electron chi connectivity index (χ3n) is 3.54. The summed E-state index contributed by atoms with van der Waals surface area (Å²) in [7, 11) is 0. The van der Waals surface area contributed by atoms with Crippen LogP contribution in [0.2, 0.25) is 15.1 Å². The van der Waals surface area contributed by atoms with E-state index in [9.17, 15) is 4.79 Å². The molecule has 142 valence electrons. The molecule has 1 amide bonds. The van der Waals surface area contributed by atoms with E-state index in [0.717, 1.165) is 0 Å². The van der Waals surface area contributed by atoms with E-state index in [1.54, 1.807) is 12.3 Å². The van der Waals surface area contributed by atoms with E-state index >= 15 is 0 Å². The van der Waals surface area contributed by atoms with Gasteiger partial charge in [-0.3, -0.25) is 9.36 Å². The highest BCUT2D eigenvalue weighted by atomic mass is 35.5. The number of halogens is 3. The van der Waals surface area contributed by atoms with Crippen LogP contribution in [0, 0.1) is 0 Å². The largest absolute Gasteiger partial charge is 0.461 e. The smallest absolute Gasteiger partial charge is 0.234 e. The van der Waals surface area contributed by atoms with Gasteiger partial charge in [-0.2, -0.15) is 0 Å². The van der Waals surface area contributed by atoms with Gasteiger partial charge in [0, 0.05) is 6.04 Å². The molecule has 27 heavy (non-hydrogen) atoms. The summed E-state index contributed by atoms with van der Waals surface area (Å²) in [5.74, 6) is 1.11. The number of amides is 1. The van der Waals surface area contributed by atoms with Crippen molar-refractivity contribution in [2.45, 2.75) is 25.0 Å². The standard InChI is InChI=1S/C17H15Cl3N4O2S/c1-9(2)24-16(14-4-3-5-26-14)22-23-17(24)27-8-15(25)21-13-7-11(19)10(18)6-12(13)20/h3-7,9H,8H2,1-2H3,(H,21,25). The maximum Gasteiger partial charge on any atom is 0.234 e. The van der Waals surface area contributed by atoms with E-state index in [0.29, 0.717) is 37.5 Å². The Morgan fingerprint density at radius 3 is 2.63 bits per heavy atom. The molecule has 0 spiro atoms. The Kier molecular flexibility index (Phi) is 6.37. The first-order valence-electron chi connectivity index (χ1n) is 7.92. The Balaban J connectivity index is 1.72. The average Bonchev–Trinajstić information content (AvgIpc) is 3.26. The van der Waals surface area contributed by atoms with Crippen LogP contribution >= 0.6 is 46.6 Å². The minimum absolute atomic E-state index is 0.0928. The van der Waals surface area contributed by atoms with Crippen LogP contribution in [0.1, 0.15) is 19.9 Å². The van der Waals surface area contributed by atoms with Crippen molar-refractivity contribution in [2.24, 2.45) is 0 Å². The van der Waals surface area contributed by atoms with Crippen LogP contribution in [0.5, 0.6) is 0 Å². The molecule has 3 rings (SSSR count). The van der Waals surface area contributed by atoms with Crippen molar-refractivity contribution in [1.29, 1.82) is 0 Å². The molecular weight excluding hydrogens is 431 g/mol. The fourth-order valence-corrected chi connectivity index (χ4v) is 3.81. The van der Waals surface area contributed by atoms with E-state index in [1.165, 1.54) is 23.9 Å². The van der Waals surface area contributed by atoms with E-state index in [1.807, 2.05) is 24.5 Å². The number of hydrogen-bond acceptors (Lipinski definition) is 5. The number of carbonyl (C=O) groups excluding carboxylic acids is 1. The second-order valence-corrected chi connectivity index (χ2v) is 7.99. The molecule has 2 heterocycles. The lowest BCUT2D eigenvalue weighted by Gasteiger charge is -2.13. The zero-order valence-electron chi connectivity index (χ0n) is 14.4. The Hall–Kier alpha value is -1.67. The molecule has 0 aliphatic rings. The molecule has 1 N–H and O–H groups in total. The first kappa shape index (κ1) is 20.1. The van der Waals surface area contributed by atoms with Gasteiger partial charge in [-0.25, -0.2) is 0 Å². The van der Waals surface area contributed by atoms with Gasteiger partial charge in [-0.1, -0.05) is 46.6 Å². The number of benzene rings is 1. The van der Waals surface area contributed by atoms with Crippen LogP contribution in [0.15, 0.2) is 40.1 Å². The SMILES string of the molecule is CC(C)n1c(SCC(=O)Nc2cc(Cl)c(Cl)cc2Cl)nnc1-c1ccco1. The van der Waals surface area contributed by atoms with Crippen molar-refractivity contribution in [3.8, 4) is 11.6 Å². The summed E-state index contributed by atoms with van der Waals surface area (Å²) < 4.78 is 7.33. The van der Waals surface area contributed by atoms with Gasteiger partial charge in [0.25, 0.3) is 0 Å². The summed E-state index contributed by atoms with van der Waals surface area (Å²) in [6.07, 6.45) is 1.58. The number of nitrogens with one attached hydrogen (secondary N) is 1. The Bertz CT molecular complexity index is 957. The third kappa shape index (κ3) is 4.60. The molecule has 6 nitrogen and oxygen atoms in total. The Morgan fingerprint density at radius 1 is 1.22 bits per heavy atom. The normalized spacial score (nSPS) is 11.2. The zero-order chi connectivity index (χ0) is 19.6. The summed E-state index contributed by atoms with van der Waals surface area (Å²) in [6, 6.07) is 6.70. The number of anilines is 1. The van der Waals surface area contributed by atoms with Gasteiger partial charge in [0.2, 0.25) is 11.7 Å². The molecule has 1 aromatic carbocycles. The summed E-state index contributed by atoms with van der Waals surface area (Å²) in [4.78, 5) is 12.3. The summed E-state index contributed by atoms with van der Waals surface area (Å²) in [5.41, 5.74) is 0.401. The summed E-state index contributed by atoms with van der Waals surface area (Å²) in [5, 5.41) is 12.7. The summed E-state index contributed by atoms with van der Waals surface area (Å²) >= 11 is 19.2. The lowest BCUT2D eigenvalue weighted by Crippen LogP contribution is -2.15. The van der Waals surface area contributed by atoms with Crippen LogP contribution in [-0.2, 0) is 4.79 Å². The van der Waals surface area contributed by atoms with Gasteiger partial charge in [0.15, 0.2) is 10.9 Å². The lowest BCUT2D eigenvalue weighted by molar-refractivity contribution is -0.113. The molecule has 0 unspecified atom stereocenters. The molecule has 0 aliphatic carbocycles. The minimum atomic E-state index is -0.252.